The molecule has 6 heteroatoms. The van der Waals surface area contributed by atoms with Crippen LogP contribution in [0.15, 0.2) is 29.0 Å². The number of sulfone groups is 1. The Kier molecular flexibility index (Phi) is 2.52. The predicted octanol–water partition coefficient (Wildman–Crippen LogP) is 2.35. The predicted molar refractivity (Wildman–Crippen MR) is 68.7 cm³/mol. The number of fused-ring (bicyclic) bond motifs is 1. The van der Waals surface area contributed by atoms with Crippen molar-refractivity contribution in [3.8, 4) is 0 Å². The minimum absolute atomic E-state index is 0.275. The molecular weight excluding hydrogens is 304 g/mol. The van der Waals surface area contributed by atoms with Crippen LogP contribution in [0.3, 0.4) is 0 Å². The van der Waals surface area contributed by atoms with E-state index in [4.69, 9.17) is 0 Å². The van der Waals surface area contributed by atoms with Gasteiger partial charge in [0.2, 0.25) is 0 Å². The van der Waals surface area contributed by atoms with Crippen LogP contribution >= 0.6 is 15.9 Å². The molecule has 0 spiro atoms. The molecule has 90 valence electrons. The SMILES string of the molecule is O=S1(=O)CCCC1c1ncc2cccc(Br)n12. The maximum atomic E-state index is 11.9. The second-order valence-corrected chi connectivity index (χ2v) is 7.34. The van der Waals surface area contributed by atoms with Gasteiger partial charge < -0.3 is 0 Å². The summed E-state index contributed by atoms with van der Waals surface area (Å²) >= 11 is 3.44. The van der Waals surface area contributed by atoms with Crippen LogP contribution in [0.4, 0.5) is 0 Å². The van der Waals surface area contributed by atoms with E-state index in [1.807, 2.05) is 22.6 Å². The summed E-state index contributed by atoms with van der Waals surface area (Å²) in [4.78, 5) is 4.29. The summed E-state index contributed by atoms with van der Waals surface area (Å²) in [5, 5.41) is -0.455. The van der Waals surface area contributed by atoms with Crippen LogP contribution in [0.5, 0.6) is 0 Å². The van der Waals surface area contributed by atoms with Crippen LogP contribution in [0, 0.1) is 0 Å². The van der Waals surface area contributed by atoms with Gasteiger partial charge in [-0.3, -0.25) is 4.40 Å². The molecule has 0 aliphatic carbocycles. The minimum Gasteiger partial charge on any atom is -0.289 e. The number of imidazole rings is 1. The van der Waals surface area contributed by atoms with Gasteiger partial charge in [-0.25, -0.2) is 13.4 Å². The Labute approximate surface area is 108 Å². The molecule has 1 atom stereocenters. The van der Waals surface area contributed by atoms with E-state index in [2.05, 4.69) is 20.9 Å². The quantitative estimate of drug-likeness (QED) is 0.759. The number of hydrogen-bond acceptors (Lipinski definition) is 3. The molecule has 1 unspecified atom stereocenters. The van der Waals surface area contributed by atoms with Crippen LogP contribution in [0.25, 0.3) is 5.52 Å². The number of hydrogen-bond donors (Lipinski definition) is 0. The van der Waals surface area contributed by atoms with Crippen molar-refractivity contribution >= 4 is 31.3 Å². The molecule has 1 aliphatic heterocycles. The fraction of sp³-hybridized carbons (Fsp3) is 0.364. The Morgan fingerprint density at radius 1 is 1.41 bits per heavy atom. The Hall–Kier alpha value is -0.880. The molecule has 1 saturated heterocycles. The molecule has 0 radical (unpaired) electrons. The van der Waals surface area contributed by atoms with Gasteiger partial charge in [-0.15, -0.1) is 0 Å². The van der Waals surface area contributed by atoms with Crippen LogP contribution < -0.4 is 0 Å². The third-order valence-corrected chi connectivity index (χ3v) is 5.94. The maximum absolute atomic E-state index is 11.9. The summed E-state index contributed by atoms with van der Waals surface area (Å²) in [6, 6.07) is 5.72. The number of pyridine rings is 1. The lowest BCUT2D eigenvalue weighted by Crippen LogP contribution is -2.11. The highest BCUT2D eigenvalue weighted by molar-refractivity contribution is 9.10. The van der Waals surface area contributed by atoms with Crippen molar-refractivity contribution in [2.45, 2.75) is 18.1 Å². The fourth-order valence-corrected chi connectivity index (χ4v) is 4.75. The van der Waals surface area contributed by atoms with Crippen molar-refractivity contribution < 1.29 is 8.42 Å². The third kappa shape index (κ3) is 1.70. The van der Waals surface area contributed by atoms with Crippen molar-refractivity contribution in [2.75, 3.05) is 5.75 Å². The summed E-state index contributed by atoms with van der Waals surface area (Å²) < 4.78 is 26.6. The Bertz CT molecular complexity index is 678. The molecule has 1 aliphatic rings. The number of halogens is 1. The molecule has 3 heterocycles. The number of nitrogens with zero attached hydrogens (tertiary/aromatic N) is 2. The zero-order chi connectivity index (χ0) is 12.0. The molecule has 2 aromatic heterocycles. The first-order valence-electron chi connectivity index (χ1n) is 5.43. The first-order chi connectivity index (χ1) is 8.09. The van der Waals surface area contributed by atoms with Gasteiger partial charge in [-0.1, -0.05) is 6.07 Å². The molecule has 0 N–H and O–H groups in total. The summed E-state index contributed by atoms with van der Waals surface area (Å²) in [7, 11) is -3.02. The van der Waals surface area contributed by atoms with E-state index in [1.54, 1.807) is 6.20 Å². The normalized spacial score (nSPS) is 23.2. The van der Waals surface area contributed by atoms with Gasteiger partial charge in [0.1, 0.15) is 11.1 Å². The first kappa shape index (κ1) is 11.2. The monoisotopic (exact) mass is 314 g/mol. The largest absolute Gasteiger partial charge is 0.289 e. The van der Waals surface area contributed by atoms with E-state index >= 15 is 0 Å². The van der Waals surface area contributed by atoms with Crippen molar-refractivity contribution in [3.05, 3.63) is 34.8 Å². The average Bonchev–Trinajstić information content (AvgIpc) is 2.82. The highest BCUT2D eigenvalue weighted by atomic mass is 79.9. The van der Waals surface area contributed by atoms with Gasteiger partial charge in [-0.2, -0.15) is 0 Å². The van der Waals surface area contributed by atoms with Crippen molar-refractivity contribution in [3.63, 3.8) is 0 Å². The van der Waals surface area contributed by atoms with Crippen LogP contribution in [-0.2, 0) is 9.84 Å². The molecule has 0 saturated carbocycles. The van der Waals surface area contributed by atoms with Crippen molar-refractivity contribution in [1.82, 2.24) is 9.38 Å². The lowest BCUT2D eigenvalue weighted by Gasteiger charge is -2.09. The molecule has 0 aromatic carbocycles. The molecule has 0 bridgehead atoms. The molecule has 2 aromatic rings. The van der Waals surface area contributed by atoms with Gasteiger partial charge in [0.25, 0.3) is 0 Å². The second-order valence-electron chi connectivity index (χ2n) is 4.22. The smallest absolute Gasteiger partial charge is 0.160 e. The molecule has 1 fully saturated rings. The first-order valence-corrected chi connectivity index (χ1v) is 7.94. The standard InChI is InChI=1S/C11H11BrN2O2S/c12-10-5-1-3-8-7-13-11(14(8)10)9-4-2-6-17(9,15)16/h1,3,5,7,9H,2,4,6H2. The maximum Gasteiger partial charge on any atom is 0.160 e. The third-order valence-electron chi connectivity index (χ3n) is 3.15. The zero-order valence-electron chi connectivity index (χ0n) is 9.01. The van der Waals surface area contributed by atoms with Gasteiger partial charge in [0.15, 0.2) is 9.84 Å². The average molecular weight is 315 g/mol. The summed E-state index contributed by atoms with van der Waals surface area (Å²) in [5.41, 5.74) is 0.913. The van der Waals surface area contributed by atoms with Gasteiger partial charge in [-0.05, 0) is 40.9 Å². The second kappa shape index (κ2) is 3.81. The highest BCUT2D eigenvalue weighted by Crippen LogP contribution is 2.35. The lowest BCUT2D eigenvalue weighted by molar-refractivity contribution is 0.588. The van der Waals surface area contributed by atoms with Crippen LogP contribution in [0.2, 0.25) is 0 Å². The van der Waals surface area contributed by atoms with E-state index in [-0.39, 0.29) is 5.75 Å². The summed E-state index contributed by atoms with van der Waals surface area (Å²) in [6.45, 7) is 0. The fourth-order valence-electron chi connectivity index (χ4n) is 2.34. The van der Waals surface area contributed by atoms with Gasteiger partial charge >= 0.3 is 0 Å². The topological polar surface area (TPSA) is 51.4 Å². The number of aromatic nitrogens is 2. The lowest BCUT2D eigenvalue weighted by atomic mass is 10.2. The molecular formula is C11H11BrN2O2S. The number of rotatable bonds is 1. The Morgan fingerprint density at radius 3 is 2.94 bits per heavy atom. The van der Waals surface area contributed by atoms with Gasteiger partial charge in [0.05, 0.1) is 22.1 Å². The van der Waals surface area contributed by atoms with E-state index in [0.717, 1.165) is 16.5 Å². The van der Waals surface area contributed by atoms with E-state index in [0.29, 0.717) is 12.2 Å². The zero-order valence-corrected chi connectivity index (χ0v) is 11.4. The highest BCUT2D eigenvalue weighted by Gasteiger charge is 2.35. The Morgan fingerprint density at radius 2 is 2.24 bits per heavy atom. The summed E-state index contributed by atoms with van der Waals surface area (Å²) in [6.07, 6.45) is 3.11. The van der Waals surface area contributed by atoms with Crippen molar-refractivity contribution in [2.24, 2.45) is 0 Å². The minimum atomic E-state index is -3.02. The molecule has 0 amide bonds. The van der Waals surface area contributed by atoms with E-state index in [9.17, 15) is 8.42 Å². The van der Waals surface area contributed by atoms with Crippen LogP contribution in [0.1, 0.15) is 23.9 Å². The van der Waals surface area contributed by atoms with E-state index in [1.165, 1.54) is 0 Å². The van der Waals surface area contributed by atoms with Gasteiger partial charge in [0, 0.05) is 0 Å². The van der Waals surface area contributed by atoms with Crippen LogP contribution in [-0.4, -0.2) is 23.6 Å². The Balaban J connectivity index is 2.25. The molecule has 3 rings (SSSR count). The van der Waals surface area contributed by atoms with Crippen molar-refractivity contribution in [1.29, 1.82) is 0 Å². The molecule has 4 nitrogen and oxygen atoms in total. The van der Waals surface area contributed by atoms with E-state index < -0.39 is 15.1 Å². The molecule has 17 heavy (non-hydrogen) atoms. The summed E-state index contributed by atoms with van der Waals surface area (Å²) in [5.74, 6) is 0.904.